The van der Waals surface area contributed by atoms with E-state index in [0.717, 1.165) is 33.1 Å². The molecule has 2 aromatic heterocycles. The van der Waals surface area contributed by atoms with Crippen molar-refractivity contribution in [3.63, 3.8) is 0 Å². The summed E-state index contributed by atoms with van der Waals surface area (Å²) in [5.74, 6) is -0.277. The molecule has 4 rings (SSSR count). The van der Waals surface area contributed by atoms with Gasteiger partial charge >= 0.3 is 0 Å². The van der Waals surface area contributed by atoms with Crippen molar-refractivity contribution in [1.29, 1.82) is 5.26 Å². The number of rotatable bonds is 1. The highest BCUT2D eigenvalue weighted by Crippen LogP contribution is 2.34. The third-order valence-electron chi connectivity index (χ3n) is 4.22. The number of halogens is 1. The molecule has 0 atom stereocenters. The van der Waals surface area contributed by atoms with Gasteiger partial charge in [0.2, 0.25) is 0 Å². The predicted octanol–water partition coefficient (Wildman–Crippen LogP) is 5.08. The highest BCUT2D eigenvalue weighted by Gasteiger charge is 2.14. The van der Waals surface area contributed by atoms with Crippen LogP contribution < -0.4 is 0 Å². The van der Waals surface area contributed by atoms with Crippen molar-refractivity contribution in [2.45, 2.75) is 6.92 Å². The van der Waals surface area contributed by atoms with Crippen LogP contribution in [0.15, 0.2) is 60.8 Å². The molecule has 0 aliphatic carbocycles. The molecule has 2 nitrogen and oxygen atoms in total. The number of nitriles is 1. The molecular weight excluding hydrogens is 287 g/mol. The second kappa shape index (κ2) is 4.96. The third-order valence-corrected chi connectivity index (χ3v) is 4.22. The van der Waals surface area contributed by atoms with Crippen LogP contribution >= 0.6 is 0 Å². The maximum atomic E-state index is 13.8. The fraction of sp³-hybridized carbons (Fsp3) is 0.0500. The van der Waals surface area contributed by atoms with Crippen LogP contribution in [0.1, 0.15) is 11.3 Å². The number of nitrogens with zero attached hydrogens (tertiary/aromatic N) is 2. The monoisotopic (exact) mass is 300 g/mol. The molecule has 110 valence electrons. The Morgan fingerprint density at radius 3 is 2.52 bits per heavy atom. The van der Waals surface area contributed by atoms with Gasteiger partial charge in [-0.15, -0.1) is 0 Å². The van der Waals surface area contributed by atoms with E-state index in [1.54, 1.807) is 12.1 Å². The van der Waals surface area contributed by atoms with E-state index in [9.17, 15) is 9.65 Å². The van der Waals surface area contributed by atoms with Gasteiger partial charge in [-0.25, -0.2) is 4.39 Å². The summed E-state index contributed by atoms with van der Waals surface area (Å²) in [6.07, 6.45) is 1.99. The Kier molecular flexibility index (Phi) is 2.92. The summed E-state index contributed by atoms with van der Waals surface area (Å²) in [5, 5.41) is 11.1. The Bertz CT molecular complexity index is 1090. The molecule has 2 aromatic carbocycles. The van der Waals surface area contributed by atoms with Crippen molar-refractivity contribution in [1.82, 2.24) is 4.40 Å². The van der Waals surface area contributed by atoms with E-state index in [4.69, 9.17) is 0 Å². The first-order valence-electron chi connectivity index (χ1n) is 7.38. The van der Waals surface area contributed by atoms with Gasteiger partial charge < -0.3 is 4.40 Å². The SMILES string of the molecule is Cc1cc(C#N)c2c3ccc(F)cc3c(-c3ccccc3)cn12. The van der Waals surface area contributed by atoms with Gasteiger partial charge in [-0.2, -0.15) is 5.26 Å². The standard InChI is InChI=1S/C20H13FN2/c1-13-9-15(11-22)20-17-8-7-16(21)10-18(17)19(12-23(13)20)14-5-3-2-4-6-14/h2-10,12H,1H3. The summed E-state index contributed by atoms with van der Waals surface area (Å²) in [4.78, 5) is 0. The van der Waals surface area contributed by atoms with Crippen LogP contribution in [0.5, 0.6) is 0 Å². The van der Waals surface area contributed by atoms with Crippen molar-refractivity contribution in [2.24, 2.45) is 0 Å². The molecule has 0 amide bonds. The van der Waals surface area contributed by atoms with Gasteiger partial charge in [-0.05, 0) is 42.1 Å². The molecule has 0 saturated carbocycles. The lowest BCUT2D eigenvalue weighted by molar-refractivity contribution is 0.630. The van der Waals surface area contributed by atoms with Crippen molar-refractivity contribution in [3.05, 3.63) is 77.9 Å². The second-order valence-corrected chi connectivity index (χ2v) is 5.63. The topological polar surface area (TPSA) is 28.2 Å². The van der Waals surface area contributed by atoms with Crippen LogP contribution in [0.25, 0.3) is 27.4 Å². The maximum Gasteiger partial charge on any atom is 0.123 e. The average molecular weight is 300 g/mol. The van der Waals surface area contributed by atoms with Crippen LogP contribution in [0, 0.1) is 24.1 Å². The van der Waals surface area contributed by atoms with Gasteiger partial charge in [0, 0.05) is 22.8 Å². The van der Waals surface area contributed by atoms with Gasteiger partial charge in [0.05, 0.1) is 11.1 Å². The number of aryl methyl sites for hydroxylation is 1. The predicted molar refractivity (Wildman–Crippen MR) is 89.7 cm³/mol. The second-order valence-electron chi connectivity index (χ2n) is 5.63. The third kappa shape index (κ3) is 2.00. The fourth-order valence-corrected chi connectivity index (χ4v) is 3.17. The van der Waals surface area contributed by atoms with Crippen LogP contribution in [-0.2, 0) is 0 Å². The minimum Gasteiger partial charge on any atom is -0.319 e. The lowest BCUT2D eigenvalue weighted by Crippen LogP contribution is -1.93. The van der Waals surface area contributed by atoms with Crippen molar-refractivity contribution < 1.29 is 4.39 Å². The Balaban J connectivity index is 2.24. The molecule has 0 fully saturated rings. The zero-order valence-electron chi connectivity index (χ0n) is 12.5. The molecule has 0 spiro atoms. The number of pyridine rings is 1. The molecule has 0 aliphatic heterocycles. The summed E-state index contributed by atoms with van der Waals surface area (Å²) in [5.41, 5.74) is 4.41. The minimum atomic E-state index is -0.277. The zero-order chi connectivity index (χ0) is 16.0. The maximum absolute atomic E-state index is 13.8. The summed E-state index contributed by atoms with van der Waals surface area (Å²) >= 11 is 0. The Morgan fingerprint density at radius 2 is 1.78 bits per heavy atom. The Morgan fingerprint density at radius 1 is 1.00 bits per heavy atom. The average Bonchev–Trinajstić information content (AvgIpc) is 2.91. The van der Waals surface area contributed by atoms with Crippen LogP contribution in [-0.4, -0.2) is 4.40 Å². The van der Waals surface area contributed by atoms with Crippen molar-refractivity contribution in [2.75, 3.05) is 0 Å². The number of hydrogen-bond donors (Lipinski definition) is 0. The van der Waals surface area contributed by atoms with Crippen LogP contribution in [0.2, 0.25) is 0 Å². The molecule has 0 saturated heterocycles. The smallest absolute Gasteiger partial charge is 0.123 e. The van der Waals surface area contributed by atoms with Gasteiger partial charge in [0.15, 0.2) is 0 Å². The Hall–Kier alpha value is -3.12. The number of hydrogen-bond acceptors (Lipinski definition) is 1. The van der Waals surface area contributed by atoms with E-state index in [1.807, 2.05) is 53.9 Å². The van der Waals surface area contributed by atoms with Gasteiger partial charge in [-0.1, -0.05) is 30.3 Å². The number of benzene rings is 2. The van der Waals surface area contributed by atoms with E-state index in [1.165, 1.54) is 6.07 Å². The molecule has 2 heterocycles. The van der Waals surface area contributed by atoms with Gasteiger partial charge in [0.1, 0.15) is 11.9 Å². The normalized spacial score (nSPS) is 11.0. The lowest BCUT2D eigenvalue weighted by atomic mass is 9.99. The van der Waals surface area contributed by atoms with E-state index >= 15 is 0 Å². The molecule has 23 heavy (non-hydrogen) atoms. The molecule has 0 aliphatic rings. The molecular formula is C20H13FN2. The first-order valence-corrected chi connectivity index (χ1v) is 7.38. The van der Waals surface area contributed by atoms with Crippen molar-refractivity contribution >= 4 is 16.3 Å². The molecule has 0 unspecified atom stereocenters. The van der Waals surface area contributed by atoms with E-state index < -0.39 is 0 Å². The first-order chi connectivity index (χ1) is 11.2. The highest BCUT2D eigenvalue weighted by molar-refractivity contribution is 6.06. The number of aromatic nitrogens is 1. The van der Waals surface area contributed by atoms with E-state index in [0.29, 0.717) is 5.56 Å². The molecule has 4 aromatic rings. The highest BCUT2D eigenvalue weighted by atomic mass is 19.1. The summed E-state index contributed by atoms with van der Waals surface area (Å²) < 4.78 is 15.9. The van der Waals surface area contributed by atoms with Crippen LogP contribution in [0.4, 0.5) is 4.39 Å². The zero-order valence-corrected chi connectivity index (χ0v) is 12.5. The summed E-state index contributed by atoms with van der Waals surface area (Å²) in [6, 6.07) is 18.8. The summed E-state index contributed by atoms with van der Waals surface area (Å²) in [7, 11) is 0. The van der Waals surface area contributed by atoms with Gasteiger partial charge in [-0.3, -0.25) is 0 Å². The molecule has 0 N–H and O–H groups in total. The van der Waals surface area contributed by atoms with Crippen LogP contribution in [0.3, 0.4) is 0 Å². The number of fused-ring (bicyclic) bond motifs is 3. The Labute approximate surface area is 133 Å². The van der Waals surface area contributed by atoms with Gasteiger partial charge in [0.25, 0.3) is 0 Å². The molecule has 3 heteroatoms. The van der Waals surface area contributed by atoms with E-state index in [2.05, 4.69) is 6.07 Å². The first kappa shape index (κ1) is 13.5. The van der Waals surface area contributed by atoms with Crippen molar-refractivity contribution in [3.8, 4) is 17.2 Å². The van der Waals surface area contributed by atoms with E-state index in [-0.39, 0.29) is 5.82 Å². The minimum absolute atomic E-state index is 0.277. The largest absolute Gasteiger partial charge is 0.319 e. The molecule has 0 bridgehead atoms. The molecule has 0 radical (unpaired) electrons. The fourth-order valence-electron chi connectivity index (χ4n) is 3.17. The summed E-state index contributed by atoms with van der Waals surface area (Å²) in [6.45, 7) is 1.97. The lowest BCUT2D eigenvalue weighted by Gasteiger charge is -2.11. The quantitative estimate of drug-likeness (QED) is 0.482.